The first-order valence-electron chi connectivity index (χ1n) is 12.6. The Kier molecular flexibility index (Phi) is 10.3. The second-order valence-electron chi connectivity index (χ2n) is 8.99. The van der Waals surface area contributed by atoms with Gasteiger partial charge in [0, 0.05) is 5.56 Å². The third-order valence-electron chi connectivity index (χ3n) is 6.00. The van der Waals surface area contributed by atoms with Crippen LogP contribution in [0.5, 0.6) is 0 Å². The van der Waals surface area contributed by atoms with E-state index >= 15 is 0 Å². The van der Waals surface area contributed by atoms with Crippen LogP contribution in [0.2, 0.25) is 10.0 Å². The van der Waals surface area contributed by atoms with Crippen LogP contribution in [0, 0.1) is 0 Å². The molecule has 0 spiro atoms. The van der Waals surface area contributed by atoms with Gasteiger partial charge in [-0.05, 0) is 52.6 Å². The third kappa shape index (κ3) is 8.53. The lowest BCUT2D eigenvalue weighted by molar-refractivity contribution is -0.143. The van der Waals surface area contributed by atoms with E-state index in [1.165, 1.54) is 12.1 Å². The number of nitrogens with one attached hydrogen (secondary N) is 2. The van der Waals surface area contributed by atoms with E-state index in [1.54, 1.807) is 36.4 Å². The van der Waals surface area contributed by atoms with Gasteiger partial charge in [-0.15, -0.1) is 0 Å². The minimum Gasteiger partial charge on any atom is -0.480 e. The molecule has 4 rings (SSSR count). The molecule has 3 N–H and O–H groups in total. The molecule has 0 aliphatic heterocycles. The number of carbonyl (C=O) groups is 3. The van der Waals surface area contributed by atoms with Crippen molar-refractivity contribution in [1.29, 1.82) is 0 Å². The van der Waals surface area contributed by atoms with Crippen molar-refractivity contribution in [3.05, 3.63) is 136 Å². The number of rotatable bonds is 11. The van der Waals surface area contributed by atoms with E-state index < -0.39 is 23.8 Å². The Labute approximate surface area is 247 Å². The molecule has 4 aromatic rings. The van der Waals surface area contributed by atoms with Gasteiger partial charge >= 0.3 is 5.97 Å². The molecule has 0 saturated carbocycles. The molecule has 4 aromatic carbocycles. The largest absolute Gasteiger partial charge is 0.480 e. The van der Waals surface area contributed by atoms with Gasteiger partial charge in [-0.1, -0.05) is 102 Å². The zero-order valence-corrected chi connectivity index (χ0v) is 23.2. The Morgan fingerprint density at radius 2 is 1.44 bits per heavy atom. The van der Waals surface area contributed by atoms with Crippen molar-refractivity contribution < 1.29 is 24.2 Å². The lowest BCUT2D eigenvalue weighted by Crippen LogP contribution is -2.46. The highest BCUT2D eigenvalue weighted by Gasteiger charge is 2.24. The smallest absolute Gasteiger partial charge is 0.328 e. The van der Waals surface area contributed by atoms with Gasteiger partial charge in [0.25, 0.3) is 11.8 Å². The van der Waals surface area contributed by atoms with Crippen molar-refractivity contribution >= 4 is 47.1 Å². The fourth-order valence-electron chi connectivity index (χ4n) is 3.85. The highest BCUT2D eigenvalue weighted by atomic mass is 35.5. The summed E-state index contributed by atoms with van der Waals surface area (Å²) in [6, 6.07) is 29.1. The number of benzene rings is 4. The second kappa shape index (κ2) is 14.3. The molecular weight excluding hydrogens is 563 g/mol. The Morgan fingerprint density at radius 1 is 0.805 bits per heavy atom. The van der Waals surface area contributed by atoms with Gasteiger partial charge in [-0.25, -0.2) is 4.79 Å². The van der Waals surface area contributed by atoms with E-state index in [9.17, 15) is 19.5 Å². The maximum atomic E-state index is 13.3. The molecule has 0 fully saturated rings. The Morgan fingerprint density at radius 3 is 2.07 bits per heavy atom. The van der Waals surface area contributed by atoms with E-state index in [0.29, 0.717) is 16.1 Å². The van der Waals surface area contributed by atoms with Crippen molar-refractivity contribution in [2.75, 3.05) is 6.61 Å². The van der Waals surface area contributed by atoms with E-state index in [1.807, 2.05) is 60.7 Å². The van der Waals surface area contributed by atoms with Gasteiger partial charge in [0.15, 0.2) is 6.04 Å². The average Bonchev–Trinajstić information content (AvgIpc) is 2.99. The first-order chi connectivity index (χ1) is 19.8. The first-order valence-corrected chi connectivity index (χ1v) is 13.3. The fraction of sp³-hybridized carbons (Fsp3) is 0.0938. The number of aliphatic carboxylic acids is 1. The molecule has 0 bridgehead atoms. The van der Waals surface area contributed by atoms with E-state index in [0.717, 1.165) is 16.7 Å². The van der Waals surface area contributed by atoms with Gasteiger partial charge in [-0.2, -0.15) is 0 Å². The molecule has 0 heterocycles. The van der Waals surface area contributed by atoms with Gasteiger partial charge in [0.2, 0.25) is 0 Å². The summed E-state index contributed by atoms with van der Waals surface area (Å²) in [5, 5.41) is 15.3. The summed E-state index contributed by atoms with van der Waals surface area (Å²) in [5.74, 6) is -2.66. The van der Waals surface area contributed by atoms with Crippen LogP contribution < -0.4 is 10.6 Å². The quantitative estimate of drug-likeness (QED) is 0.180. The minimum absolute atomic E-state index is 0.169. The number of carboxylic acid groups (broad SMARTS) is 1. The zero-order valence-electron chi connectivity index (χ0n) is 21.7. The minimum atomic E-state index is -1.37. The normalized spacial score (nSPS) is 11.9. The van der Waals surface area contributed by atoms with Crippen molar-refractivity contribution in [1.82, 2.24) is 10.6 Å². The van der Waals surface area contributed by atoms with Crippen LogP contribution in [0.25, 0.3) is 17.2 Å². The lowest BCUT2D eigenvalue weighted by atomic mass is 10.0. The molecule has 0 saturated heterocycles. The van der Waals surface area contributed by atoms with Crippen LogP contribution in [0.3, 0.4) is 0 Å². The second-order valence-corrected chi connectivity index (χ2v) is 9.81. The first kappa shape index (κ1) is 29.6. The molecule has 41 heavy (non-hydrogen) atoms. The van der Waals surface area contributed by atoms with Gasteiger partial charge in [0.05, 0.1) is 23.3 Å². The van der Waals surface area contributed by atoms with Gasteiger partial charge < -0.3 is 20.5 Å². The van der Waals surface area contributed by atoms with Crippen LogP contribution in [0.15, 0.2) is 109 Å². The highest BCUT2D eigenvalue weighted by Crippen LogP contribution is 2.24. The maximum Gasteiger partial charge on any atom is 0.328 e. The van der Waals surface area contributed by atoms with Crippen molar-refractivity contribution in [3.63, 3.8) is 0 Å². The summed E-state index contributed by atoms with van der Waals surface area (Å²) in [4.78, 5) is 38.3. The Bertz CT molecular complexity index is 1540. The molecule has 2 amide bonds. The number of hydrogen-bond donors (Lipinski definition) is 3. The molecule has 0 unspecified atom stereocenters. The number of carbonyl (C=O) groups excluding carboxylic acids is 2. The molecule has 0 radical (unpaired) electrons. The van der Waals surface area contributed by atoms with Crippen molar-refractivity contribution in [2.24, 2.45) is 0 Å². The van der Waals surface area contributed by atoms with Gasteiger partial charge in [-0.3, -0.25) is 9.59 Å². The molecule has 1 atom stereocenters. The predicted molar refractivity (Wildman–Crippen MR) is 159 cm³/mol. The predicted octanol–water partition coefficient (Wildman–Crippen LogP) is 6.22. The van der Waals surface area contributed by atoms with Gasteiger partial charge in [0.1, 0.15) is 5.70 Å². The van der Waals surface area contributed by atoms with Crippen LogP contribution in [-0.2, 0) is 20.9 Å². The van der Waals surface area contributed by atoms with E-state index in [2.05, 4.69) is 10.6 Å². The molecule has 0 aliphatic rings. The number of carboxylic acids is 1. The van der Waals surface area contributed by atoms with Crippen LogP contribution in [0.4, 0.5) is 0 Å². The summed E-state index contributed by atoms with van der Waals surface area (Å²) >= 11 is 12.2. The molecule has 0 aromatic heterocycles. The lowest BCUT2D eigenvalue weighted by Gasteiger charge is -2.17. The summed E-state index contributed by atoms with van der Waals surface area (Å²) in [6.07, 6.45) is 1.39. The van der Waals surface area contributed by atoms with E-state index in [-0.39, 0.29) is 23.9 Å². The summed E-state index contributed by atoms with van der Waals surface area (Å²) in [5.41, 5.74) is 3.36. The van der Waals surface area contributed by atoms with Crippen LogP contribution in [0.1, 0.15) is 21.5 Å². The molecule has 7 nitrogen and oxygen atoms in total. The SMILES string of the molecule is O=C(N[C@@H](COCc1ccccc1)C(=O)O)/C(=C/c1ccc(Cl)c(Cl)c1)NC(=O)c1ccc(-c2ccccc2)cc1. The van der Waals surface area contributed by atoms with E-state index in [4.69, 9.17) is 27.9 Å². The number of halogens is 2. The topological polar surface area (TPSA) is 105 Å². The number of amides is 2. The monoisotopic (exact) mass is 588 g/mol. The average molecular weight is 589 g/mol. The van der Waals surface area contributed by atoms with Crippen molar-refractivity contribution in [3.8, 4) is 11.1 Å². The highest BCUT2D eigenvalue weighted by molar-refractivity contribution is 6.42. The molecule has 0 aliphatic carbocycles. The van der Waals surface area contributed by atoms with Crippen LogP contribution >= 0.6 is 23.2 Å². The maximum absolute atomic E-state index is 13.3. The van der Waals surface area contributed by atoms with Crippen molar-refractivity contribution in [2.45, 2.75) is 12.6 Å². The van der Waals surface area contributed by atoms with Crippen LogP contribution in [-0.4, -0.2) is 35.5 Å². The fourth-order valence-corrected chi connectivity index (χ4v) is 4.15. The summed E-state index contributed by atoms with van der Waals surface area (Å²) in [7, 11) is 0. The standard InChI is InChI=1S/C32H26Cl2N2O5/c33-26-16-11-22(17-27(26)34)18-28(31(38)36-29(32(39)40)20-41-19-21-7-3-1-4-8-21)35-30(37)25-14-12-24(13-15-25)23-9-5-2-6-10-23/h1-18,29H,19-20H2,(H,35,37)(H,36,38)(H,39,40)/b28-18-/t29-/m0/s1. The summed E-state index contributed by atoms with van der Waals surface area (Å²) in [6.45, 7) is -0.118. The molecule has 208 valence electrons. The number of hydrogen-bond acceptors (Lipinski definition) is 4. The molecule has 9 heteroatoms. The Hall–Kier alpha value is -4.43. The molecular formula is C32H26Cl2N2O5. The number of ether oxygens (including phenoxy) is 1. The third-order valence-corrected chi connectivity index (χ3v) is 6.74. The summed E-state index contributed by atoms with van der Waals surface area (Å²) < 4.78 is 5.53. The Balaban J connectivity index is 1.52. The zero-order chi connectivity index (χ0) is 29.2.